The van der Waals surface area contributed by atoms with Gasteiger partial charge in [0.05, 0.1) is 0 Å². The number of aliphatic carboxylic acids is 1. The minimum Gasteiger partial charge on any atom is -0.480 e. The second-order valence-corrected chi connectivity index (χ2v) is 7.76. The van der Waals surface area contributed by atoms with E-state index in [2.05, 4.69) is 27.9 Å². The Morgan fingerprint density at radius 3 is 2.27 bits per heavy atom. The van der Waals surface area contributed by atoms with Gasteiger partial charge in [0.1, 0.15) is 18.5 Å². The SMILES string of the molecule is CCC(NC(=O)c1cc(NC(=O)OCC2c3ccccc3-c3ccccc32)n(C)n1)C(=O)O. The second kappa shape index (κ2) is 9.15. The Morgan fingerprint density at radius 2 is 1.70 bits per heavy atom. The number of fused-ring (bicyclic) bond motifs is 3. The average Bonchev–Trinajstić information content (AvgIpc) is 3.33. The monoisotopic (exact) mass is 448 g/mol. The molecule has 9 heteroatoms. The maximum absolute atomic E-state index is 12.5. The van der Waals surface area contributed by atoms with E-state index in [-0.39, 0.29) is 30.5 Å². The standard InChI is InChI=1S/C24H24N4O5/c1-3-19(23(30)31)25-22(29)20-12-21(28(2)27-20)26-24(32)33-13-18-16-10-6-4-8-14(16)15-9-5-7-11-17(15)18/h4-12,18-19H,3,13H2,1-2H3,(H,25,29)(H,26,32)(H,30,31). The highest BCUT2D eigenvalue weighted by molar-refractivity contribution is 5.96. The number of carbonyl (C=O) groups is 3. The van der Waals surface area contributed by atoms with Crippen molar-refractivity contribution in [1.29, 1.82) is 0 Å². The average molecular weight is 448 g/mol. The summed E-state index contributed by atoms with van der Waals surface area (Å²) in [6.07, 6.45) is -0.442. The summed E-state index contributed by atoms with van der Waals surface area (Å²) in [5, 5.41) is 18.1. The van der Waals surface area contributed by atoms with E-state index in [4.69, 9.17) is 9.84 Å². The number of benzene rings is 2. The first-order valence-corrected chi connectivity index (χ1v) is 10.6. The number of aromatic nitrogens is 2. The Bertz CT molecular complexity index is 1170. The third kappa shape index (κ3) is 4.43. The lowest BCUT2D eigenvalue weighted by Gasteiger charge is -2.14. The van der Waals surface area contributed by atoms with E-state index in [9.17, 15) is 14.4 Å². The van der Waals surface area contributed by atoms with Gasteiger partial charge < -0.3 is 15.2 Å². The smallest absolute Gasteiger partial charge is 0.412 e. The molecule has 0 fully saturated rings. The zero-order chi connectivity index (χ0) is 23.5. The molecule has 1 aliphatic carbocycles. The fourth-order valence-electron chi connectivity index (χ4n) is 4.00. The molecule has 1 heterocycles. The molecule has 3 aromatic rings. The molecule has 9 nitrogen and oxygen atoms in total. The molecule has 1 unspecified atom stereocenters. The highest BCUT2D eigenvalue weighted by Gasteiger charge is 2.29. The van der Waals surface area contributed by atoms with Crippen LogP contribution in [0.2, 0.25) is 0 Å². The van der Waals surface area contributed by atoms with Crippen molar-refractivity contribution in [3.8, 4) is 11.1 Å². The molecular weight excluding hydrogens is 424 g/mol. The van der Waals surface area contributed by atoms with Crippen LogP contribution in [0.4, 0.5) is 10.6 Å². The van der Waals surface area contributed by atoms with Crippen LogP contribution in [-0.4, -0.2) is 45.5 Å². The fourth-order valence-corrected chi connectivity index (χ4v) is 4.00. The van der Waals surface area contributed by atoms with Crippen LogP contribution in [-0.2, 0) is 16.6 Å². The molecule has 2 aromatic carbocycles. The van der Waals surface area contributed by atoms with Gasteiger partial charge in [-0.05, 0) is 28.7 Å². The van der Waals surface area contributed by atoms with Crippen molar-refractivity contribution in [2.75, 3.05) is 11.9 Å². The van der Waals surface area contributed by atoms with Gasteiger partial charge in [-0.3, -0.25) is 14.8 Å². The molecular formula is C24H24N4O5. The number of hydrogen-bond donors (Lipinski definition) is 3. The zero-order valence-corrected chi connectivity index (χ0v) is 18.2. The molecule has 0 saturated carbocycles. The molecule has 0 radical (unpaired) electrons. The van der Waals surface area contributed by atoms with Gasteiger partial charge in [0.2, 0.25) is 0 Å². The van der Waals surface area contributed by atoms with Crippen molar-refractivity contribution in [2.24, 2.45) is 7.05 Å². The van der Waals surface area contributed by atoms with Crippen LogP contribution in [0.15, 0.2) is 54.6 Å². The van der Waals surface area contributed by atoms with Crippen LogP contribution in [0, 0.1) is 0 Å². The number of aryl methyl sites for hydroxylation is 1. The molecule has 33 heavy (non-hydrogen) atoms. The van der Waals surface area contributed by atoms with Crippen molar-refractivity contribution in [1.82, 2.24) is 15.1 Å². The number of ether oxygens (including phenoxy) is 1. The minimum atomic E-state index is -1.13. The van der Waals surface area contributed by atoms with Gasteiger partial charge in [-0.25, -0.2) is 9.59 Å². The molecule has 0 aliphatic heterocycles. The van der Waals surface area contributed by atoms with Gasteiger partial charge in [-0.1, -0.05) is 55.5 Å². The second-order valence-electron chi connectivity index (χ2n) is 7.76. The van der Waals surface area contributed by atoms with Gasteiger partial charge in [0.25, 0.3) is 5.91 Å². The largest absolute Gasteiger partial charge is 0.480 e. The number of amides is 2. The highest BCUT2D eigenvalue weighted by atomic mass is 16.5. The Kier molecular flexibility index (Phi) is 6.12. The quantitative estimate of drug-likeness (QED) is 0.509. The maximum atomic E-state index is 12.5. The minimum absolute atomic E-state index is 0.00820. The molecule has 2 amide bonds. The number of nitrogens with one attached hydrogen (secondary N) is 2. The normalized spacial score (nSPS) is 13.0. The number of nitrogens with zero attached hydrogens (tertiary/aromatic N) is 2. The molecule has 1 aliphatic rings. The lowest BCUT2D eigenvalue weighted by atomic mass is 9.98. The number of hydrogen-bond acceptors (Lipinski definition) is 5. The van der Waals surface area contributed by atoms with Crippen LogP contribution >= 0.6 is 0 Å². The summed E-state index contributed by atoms with van der Waals surface area (Å²) < 4.78 is 6.83. The van der Waals surface area contributed by atoms with Crippen LogP contribution in [0.3, 0.4) is 0 Å². The van der Waals surface area contributed by atoms with Gasteiger partial charge in [-0.2, -0.15) is 5.10 Å². The highest BCUT2D eigenvalue weighted by Crippen LogP contribution is 2.44. The van der Waals surface area contributed by atoms with E-state index in [0.29, 0.717) is 0 Å². The lowest BCUT2D eigenvalue weighted by Crippen LogP contribution is -2.40. The van der Waals surface area contributed by atoms with Crippen molar-refractivity contribution in [3.05, 3.63) is 71.4 Å². The molecule has 1 aromatic heterocycles. The third-order valence-corrected chi connectivity index (χ3v) is 5.70. The summed E-state index contributed by atoms with van der Waals surface area (Å²) in [5.74, 6) is -1.59. The Labute approximate surface area is 190 Å². The van der Waals surface area contributed by atoms with Gasteiger partial charge in [0.15, 0.2) is 5.69 Å². The van der Waals surface area contributed by atoms with Crippen molar-refractivity contribution >= 4 is 23.8 Å². The van der Waals surface area contributed by atoms with Crippen molar-refractivity contribution in [3.63, 3.8) is 0 Å². The number of carboxylic acid groups (broad SMARTS) is 1. The van der Waals surface area contributed by atoms with Crippen molar-refractivity contribution in [2.45, 2.75) is 25.3 Å². The lowest BCUT2D eigenvalue weighted by molar-refractivity contribution is -0.139. The van der Waals surface area contributed by atoms with Crippen LogP contribution < -0.4 is 10.6 Å². The number of anilines is 1. The number of carboxylic acids is 1. The molecule has 3 N–H and O–H groups in total. The molecule has 4 rings (SSSR count). The summed E-state index contributed by atoms with van der Waals surface area (Å²) in [7, 11) is 1.56. The first kappa shape index (κ1) is 22.1. The number of carbonyl (C=O) groups excluding carboxylic acids is 2. The predicted molar refractivity (Wildman–Crippen MR) is 121 cm³/mol. The Hall–Kier alpha value is -4.14. The summed E-state index contributed by atoms with van der Waals surface area (Å²) >= 11 is 0. The summed E-state index contributed by atoms with van der Waals surface area (Å²) in [6.45, 7) is 1.81. The Balaban J connectivity index is 1.41. The zero-order valence-electron chi connectivity index (χ0n) is 18.2. The fraction of sp³-hybridized carbons (Fsp3) is 0.250. The summed E-state index contributed by atoms with van der Waals surface area (Å²) in [6, 6.07) is 16.4. The van der Waals surface area contributed by atoms with Crippen LogP contribution in [0.25, 0.3) is 11.1 Å². The first-order valence-electron chi connectivity index (χ1n) is 10.6. The van der Waals surface area contributed by atoms with Gasteiger partial charge in [0, 0.05) is 19.0 Å². The molecule has 1 atom stereocenters. The molecule has 170 valence electrons. The number of rotatable bonds is 7. The van der Waals surface area contributed by atoms with Crippen LogP contribution in [0.5, 0.6) is 0 Å². The van der Waals surface area contributed by atoms with E-state index >= 15 is 0 Å². The topological polar surface area (TPSA) is 123 Å². The van der Waals surface area contributed by atoms with Gasteiger partial charge in [-0.15, -0.1) is 0 Å². The van der Waals surface area contributed by atoms with Crippen molar-refractivity contribution < 1.29 is 24.2 Å². The first-order chi connectivity index (χ1) is 15.9. The maximum Gasteiger partial charge on any atom is 0.412 e. The third-order valence-electron chi connectivity index (χ3n) is 5.70. The summed E-state index contributed by atoms with van der Waals surface area (Å²) in [4.78, 5) is 35.9. The van der Waals surface area contributed by atoms with E-state index in [1.807, 2.05) is 36.4 Å². The van der Waals surface area contributed by atoms with Crippen LogP contribution in [0.1, 0.15) is 40.9 Å². The van der Waals surface area contributed by atoms with E-state index < -0.39 is 24.0 Å². The Morgan fingerprint density at radius 1 is 1.09 bits per heavy atom. The molecule has 0 saturated heterocycles. The molecule has 0 bridgehead atoms. The van der Waals surface area contributed by atoms with E-state index in [0.717, 1.165) is 22.3 Å². The summed E-state index contributed by atoms with van der Waals surface area (Å²) in [5.41, 5.74) is 4.48. The van der Waals surface area contributed by atoms with Gasteiger partial charge >= 0.3 is 12.1 Å². The van der Waals surface area contributed by atoms with E-state index in [1.54, 1.807) is 14.0 Å². The molecule has 0 spiro atoms. The predicted octanol–water partition coefficient (Wildman–Crippen LogP) is 3.37. The van der Waals surface area contributed by atoms with E-state index in [1.165, 1.54) is 10.7 Å².